The number of para-hydroxylation sites is 1. The van der Waals surface area contributed by atoms with Gasteiger partial charge in [-0.2, -0.15) is 0 Å². The highest BCUT2D eigenvalue weighted by Crippen LogP contribution is 2.21. The SMILES string of the molecule is CC1CCCN1C(=O)CCc1c[nH]c2ccccc12. The molecule has 3 rings (SSSR count). The lowest BCUT2D eigenvalue weighted by molar-refractivity contribution is -0.131. The van der Waals surface area contributed by atoms with Gasteiger partial charge in [0.05, 0.1) is 0 Å². The molecule has 1 N–H and O–H groups in total. The molecule has 3 heteroatoms. The summed E-state index contributed by atoms with van der Waals surface area (Å²) in [4.78, 5) is 17.5. The maximum atomic E-state index is 12.2. The van der Waals surface area contributed by atoms with Gasteiger partial charge in [0.15, 0.2) is 0 Å². The molecule has 0 aliphatic carbocycles. The van der Waals surface area contributed by atoms with Crippen LogP contribution in [0.5, 0.6) is 0 Å². The number of hydrogen-bond donors (Lipinski definition) is 1. The first-order chi connectivity index (χ1) is 9.25. The van der Waals surface area contributed by atoms with Crippen LogP contribution < -0.4 is 0 Å². The van der Waals surface area contributed by atoms with Gasteiger partial charge in [0, 0.05) is 36.1 Å². The number of nitrogens with one attached hydrogen (secondary N) is 1. The Labute approximate surface area is 113 Å². The number of rotatable bonds is 3. The lowest BCUT2D eigenvalue weighted by Gasteiger charge is -2.21. The van der Waals surface area contributed by atoms with E-state index in [1.54, 1.807) is 0 Å². The van der Waals surface area contributed by atoms with Crippen LogP contribution in [-0.2, 0) is 11.2 Å². The van der Waals surface area contributed by atoms with Gasteiger partial charge in [-0.3, -0.25) is 4.79 Å². The number of fused-ring (bicyclic) bond motifs is 1. The Morgan fingerprint density at radius 2 is 2.26 bits per heavy atom. The molecule has 2 aromatic rings. The number of aryl methyl sites for hydroxylation is 1. The molecule has 0 radical (unpaired) electrons. The third-order valence-corrected chi connectivity index (χ3v) is 4.16. The molecule has 19 heavy (non-hydrogen) atoms. The largest absolute Gasteiger partial charge is 0.361 e. The highest BCUT2D eigenvalue weighted by molar-refractivity contribution is 5.84. The number of aromatic nitrogens is 1. The smallest absolute Gasteiger partial charge is 0.223 e. The maximum Gasteiger partial charge on any atom is 0.223 e. The Morgan fingerprint density at radius 3 is 3.05 bits per heavy atom. The lowest BCUT2D eigenvalue weighted by atomic mass is 10.1. The topological polar surface area (TPSA) is 36.1 Å². The van der Waals surface area contributed by atoms with Crippen LogP contribution in [0.25, 0.3) is 10.9 Å². The van der Waals surface area contributed by atoms with Gasteiger partial charge < -0.3 is 9.88 Å². The average Bonchev–Trinajstić information content (AvgIpc) is 3.02. The van der Waals surface area contributed by atoms with Crippen molar-refractivity contribution in [1.29, 1.82) is 0 Å². The third kappa shape index (κ3) is 2.37. The molecule has 0 saturated carbocycles. The summed E-state index contributed by atoms with van der Waals surface area (Å²) in [6.45, 7) is 3.09. The van der Waals surface area contributed by atoms with Crippen molar-refractivity contribution in [3.05, 3.63) is 36.0 Å². The Kier molecular flexibility index (Phi) is 3.28. The third-order valence-electron chi connectivity index (χ3n) is 4.16. The van der Waals surface area contributed by atoms with Crippen LogP contribution in [0.2, 0.25) is 0 Å². The summed E-state index contributed by atoms with van der Waals surface area (Å²) in [7, 11) is 0. The molecule has 1 atom stereocenters. The van der Waals surface area contributed by atoms with E-state index in [1.165, 1.54) is 10.9 Å². The standard InChI is InChI=1S/C16H20N2O/c1-12-5-4-10-18(12)16(19)9-8-13-11-17-15-7-3-2-6-14(13)15/h2-3,6-7,11-12,17H,4-5,8-10H2,1H3. The van der Waals surface area contributed by atoms with Gasteiger partial charge in [-0.05, 0) is 37.8 Å². The zero-order valence-corrected chi connectivity index (χ0v) is 11.4. The summed E-state index contributed by atoms with van der Waals surface area (Å²) in [5.74, 6) is 0.301. The van der Waals surface area contributed by atoms with Crippen molar-refractivity contribution in [2.45, 2.75) is 38.6 Å². The van der Waals surface area contributed by atoms with Crippen molar-refractivity contribution in [1.82, 2.24) is 9.88 Å². The number of amides is 1. The second kappa shape index (κ2) is 5.08. The van der Waals surface area contributed by atoms with E-state index in [2.05, 4.69) is 24.0 Å². The molecule has 2 heterocycles. The van der Waals surface area contributed by atoms with Gasteiger partial charge in [-0.1, -0.05) is 18.2 Å². The molecular formula is C16H20N2O. The molecule has 1 aromatic carbocycles. The summed E-state index contributed by atoms with van der Waals surface area (Å²) in [5.41, 5.74) is 2.40. The highest BCUT2D eigenvalue weighted by Gasteiger charge is 2.24. The second-order valence-corrected chi connectivity index (χ2v) is 5.44. The zero-order chi connectivity index (χ0) is 13.2. The van der Waals surface area contributed by atoms with E-state index in [1.807, 2.05) is 23.2 Å². The van der Waals surface area contributed by atoms with Gasteiger partial charge >= 0.3 is 0 Å². The first kappa shape index (κ1) is 12.3. The van der Waals surface area contributed by atoms with Crippen LogP contribution in [-0.4, -0.2) is 28.4 Å². The number of carbonyl (C=O) groups excluding carboxylic acids is 1. The molecule has 1 aromatic heterocycles. The van der Waals surface area contributed by atoms with Gasteiger partial charge in [0.25, 0.3) is 0 Å². The van der Waals surface area contributed by atoms with E-state index in [9.17, 15) is 4.79 Å². The Hall–Kier alpha value is -1.77. The second-order valence-electron chi connectivity index (χ2n) is 5.44. The van der Waals surface area contributed by atoms with E-state index < -0.39 is 0 Å². The Balaban J connectivity index is 1.67. The summed E-state index contributed by atoms with van der Waals surface area (Å²) in [5, 5.41) is 1.24. The van der Waals surface area contributed by atoms with Crippen LogP contribution in [0.4, 0.5) is 0 Å². The van der Waals surface area contributed by atoms with Crippen molar-refractivity contribution in [2.75, 3.05) is 6.54 Å². The molecule has 1 amide bonds. The van der Waals surface area contributed by atoms with Crippen molar-refractivity contribution < 1.29 is 4.79 Å². The van der Waals surface area contributed by atoms with Crippen LogP contribution in [0.3, 0.4) is 0 Å². The summed E-state index contributed by atoms with van der Waals surface area (Å²) < 4.78 is 0. The molecular weight excluding hydrogens is 236 g/mol. The first-order valence-electron chi connectivity index (χ1n) is 7.10. The van der Waals surface area contributed by atoms with Crippen molar-refractivity contribution in [3.63, 3.8) is 0 Å². The predicted octanol–water partition coefficient (Wildman–Crippen LogP) is 3.11. The fourth-order valence-electron chi connectivity index (χ4n) is 3.03. The zero-order valence-electron chi connectivity index (χ0n) is 11.4. The summed E-state index contributed by atoms with van der Waals surface area (Å²) in [6, 6.07) is 8.69. The quantitative estimate of drug-likeness (QED) is 0.900. The van der Waals surface area contributed by atoms with Gasteiger partial charge in [-0.15, -0.1) is 0 Å². The number of benzene rings is 1. The Bertz CT molecular complexity index is 587. The van der Waals surface area contributed by atoms with Gasteiger partial charge in [0.1, 0.15) is 0 Å². The molecule has 1 unspecified atom stereocenters. The van der Waals surface area contributed by atoms with E-state index in [0.717, 1.165) is 31.3 Å². The van der Waals surface area contributed by atoms with Crippen LogP contribution >= 0.6 is 0 Å². The van der Waals surface area contributed by atoms with Crippen LogP contribution in [0.15, 0.2) is 30.5 Å². The number of H-pyrrole nitrogens is 1. The van der Waals surface area contributed by atoms with Gasteiger partial charge in [0.2, 0.25) is 5.91 Å². The molecule has 0 spiro atoms. The maximum absolute atomic E-state index is 12.2. The lowest BCUT2D eigenvalue weighted by Crippen LogP contribution is -2.33. The highest BCUT2D eigenvalue weighted by atomic mass is 16.2. The minimum absolute atomic E-state index is 0.301. The number of hydrogen-bond acceptors (Lipinski definition) is 1. The number of nitrogens with zero attached hydrogens (tertiary/aromatic N) is 1. The van der Waals surface area contributed by atoms with E-state index in [0.29, 0.717) is 18.4 Å². The van der Waals surface area contributed by atoms with Gasteiger partial charge in [-0.25, -0.2) is 0 Å². The van der Waals surface area contributed by atoms with Crippen molar-refractivity contribution in [2.24, 2.45) is 0 Å². The molecule has 1 aliphatic rings. The fraction of sp³-hybridized carbons (Fsp3) is 0.438. The van der Waals surface area contributed by atoms with Crippen molar-refractivity contribution >= 4 is 16.8 Å². The summed E-state index contributed by atoms with van der Waals surface area (Å²) >= 11 is 0. The molecule has 1 fully saturated rings. The van der Waals surface area contributed by atoms with E-state index in [4.69, 9.17) is 0 Å². The van der Waals surface area contributed by atoms with E-state index in [-0.39, 0.29) is 0 Å². The number of carbonyl (C=O) groups is 1. The molecule has 1 saturated heterocycles. The fourth-order valence-corrected chi connectivity index (χ4v) is 3.03. The molecule has 3 nitrogen and oxygen atoms in total. The van der Waals surface area contributed by atoms with Crippen molar-refractivity contribution in [3.8, 4) is 0 Å². The molecule has 100 valence electrons. The average molecular weight is 256 g/mol. The monoisotopic (exact) mass is 256 g/mol. The number of aromatic amines is 1. The predicted molar refractivity (Wildman–Crippen MR) is 77.0 cm³/mol. The van der Waals surface area contributed by atoms with Crippen LogP contribution in [0, 0.1) is 0 Å². The number of likely N-dealkylation sites (tertiary alicyclic amines) is 1. The minimum Gasteiger partial charge on any atom is -0.361 e. The normalized spacial score (nSPS) is 19.2. The van der Waals surface area contributed by atoms with Crippen LogP contribution in [0.1, 0.15) is 31.7 Å². The Morgan fingerprint density at radius 1 is 1.42 bits per heavy atom. The summed E-state index contributed by atoms with van der Waals surface area (Å²) in [6.07, 6.45) is 5.78. The first-order valence-corrected chi connectivity index (χ1v) is 7.10. The van der Waals surface area contributed by atoms with E-state index >= 15 is 0 Å². The molecule has 0 bridgehead atoms. The minimum atomic E-state index is 0.301. The molecule has 1 aliphatic heterocycles.